The van der Waals surface area contributed by atoms with Crippen LogP contribution >= 0.6 is 0 Å². The van der Waals surface area contributed by atoms with E-state index in [0.29, 0.717) is 6.10 Å². The number of nitrogens with zero attached hydrogens (tertiary/aromatic N) is 3. The van der Waals surface area contributed by atoms with Crippen molar-refractivity contribution in [2.75, 3.05) is 39.8 Å². The van der Waals surface area contributed by atoms with Gasteiger partial charge in [0.15, 0.2) is 0 Å². The fourth-order valence-corrected chi connectivity index (χ4v) is 3.54. The first kappa shape index (κ1) is 15.1. The summed E-state index contributed by atoms with van der Waals surface area (Å²) in [7, 11) is 2.23. The Morgan fingerprint density at radius 2 is 2.26 bits per heavy atom. The Morgan fingerprint density at radius 3 is 3.13 bits per heavy atom. The maximum Gasteiger partial charge on any atom is 0.0829 e. The summed E-state index contributed by atoms with van der Waals surface area (Å²) < 4.78 is 5.98. The highest BCUT2D eigenvalue weighted by molar-refractivity contribution is 5.78. The standard InChI is InChI=1S/C18H26N4O/c1-21(10-14-2-3-14)12-17-13-22(6-7-23-17)11-15-4-5-16-9-19-20-18(16)8-15/h4-5,8-9,14,17H,2-3,6-7,10-13H2,1H3,(H,19,20). The predicted octanol–water partition coefficient (Wildman–Crippen LogP) is 2.11. The van der Waals surface area contributed by atoms with Crippen LogP contribution in [0.3, 0.4) is 0 Å². The molecular formula is C18H26N4O. The van der Waals surface area contributed by atoms with Gasteiger partial charge in [0.1, 0.15) is 0 Å². The van der Waals surface area contributed by atoms with Crippen LogP contribution in [0.4, 0.5) is 0 Å². The monoisotopic (exact) mass is 314 g/mol. The average Bonchev–Trinajstić information content (AvgIpc) is 3.22. The Balaban J connectivity index is 1.32. The number of hydrogen-bond acceptors (Lipinski definition) is 4. The van der Waals surface area contributed by atoms with Crippen LogP contribution in [0.15, 0.2) is 24.4 Å². The number of ether oxygens (including phenoxy) is 1. The summed E-state index contributed by atoms with van der Waals surface area (Å²) in [6, 6.07) is 6.57. The highest BCUT2D eigenvalue weighted by Crippen LogP contribution is 2.29. The molecule has 4 rings (SSSR count). The van der Waals surface area contributed by atoms with Gasteiger partial charge in [0, 0.05) is 38.1 Å². The van der Waals surface area contributed by atoms with Crippen molar-refractivity contribution in [3.63, 3.8) is 0 Å². The van der Waals surface area contributed by atoms with Gasteiger partial charge in [0.05, 0.1) is 24.4 Å². The van der Waals surface area contributed by atoms with E-state index in [4.69, 9.17) is 4.74 Å². The van der Waals surface area contributed by atoms with E-state index >= 15 is 0 Å². The zero-order valence-electron chi connectivity index (χ0n) is 13.9. The fourth-order valence-electron chi connectivity index (χ4n) is 3.54. The second-order valence-corrected chi connectivity index (χ2v) is 7.18. The molecule has 23 heavy (non-hydrogen) atoms. The Labute approximate surface area is 137 Å². The molecule has 0 radical (unpaired) electrons. The lowest BCUT2D eigenvalue weighted by Gasteiger charge is -2.35. The number of benzene rings is 1. The Hall–Kier alpha value is -1.43. The van der Waals surface area contributed by atoms with Gasteiger partial charge in [-0.15, -0.1) is 0 Å². The highest BCUT2D eigenvalue weighted by atomic mass is 16.5. The van der Waals surface area contributed by atoms with E-state index < -0.39 is 0 Å². The van der Waals surface area contributed by atoms with Crippen molar-refractivity contribution in [1.29, 1.82) is 0 Å². The van der Waals surface area contributed by atoms with Crippen molar-refractivity contribution < 1.29 is 4.74 Å². The number of hydrogen-bond donors (Lipinski definition) is 1. The number of morpholine rings is 1. The highest BCUT2D eigenvalue weighted by Gasteiger charge is 2.26. The molecule has 1 aliphatic heterocycles. The molecule has 1 aromatic heterocycles. The summed E-state index contributed by atoms with van der Waals surface area (Å²) in [5.41, 5.74) is 2.46. The zero-order valence-corrected chi connectivity index (χ0v) is 13.9. The third kappa shape index (κ3) is 3.91. The van der Waals surface area contributed by atoms with Gasteiger partial charge in [-0.3, -0.25) is 10.00 Å². The number of nitrogens with one attached hydrogen (secondary N) is 1. The molecule has 1 saturated heterocycles. The van der Waals surface area contributed by atoms with E-state index in [1.807, 2.05) is 6.20 Å². The van der Waals surface area contributed by atoms with Gasteiger partial charge in [-0.2, -0.15) is 5.10 Å². The van der Waals surface area contributed by atoms with Crippen LogP contribution < -0.4 is 0 Å². The van der Waals surface area contributed by atoms with Crippen LogP contribution in [-0.4, -0.2) is 65.9 Å². The molecule has 124 valence electrons. The van der Waals surface area contributed by atoms with Gasteiger partial charge >= 0.3 is 0 Å². The Bertz CT molecular complexity index is 651. The molecule has 5 nitrogen and oxygen atoms in total. The quantitative estimate of drug-likeness (QED) is 0.887. The van der Waals surface area contributed by atoms with Gasteiger partial charge in [0.2, 0.25) is 0 Å². The zero-order chi connectivity index (χ0) is 15.6. The number of H-pyrrole nitrogens is 1. The van der Waals surface area contributed by atoms with E-state index in [1.54, 1.807) is 0 Å². The molecule has 0 spiro atoms. The largest absolute Gasteiger partial charge is 0.374 e. The van der Waals surface area contributed by atoms with E-state index in [9.17, 15) is 0 Å². The third-order valence-electron chi connectivity index (χ3n) is 4.92. The second-order valence-electron chi connectivity index (χ2n) is 7.18. The molecular weight excluding hydrogens is 288 g/mol. The molecule has 1 aliphatic carbocycles. The maximum atomic E-state index is 5.98. The van der Waals surface area contributed by atoms with Crippen molar-refractivity contribution in [3.05, 3.63) is 30.0 Å². The first-order valence-corrected chi connectivity index (χ1v) is 8.71. The lowest BCUT2D eigenvalue weighted by molar-refractivity contribution is -0.0434. The molecule has 2 fully saturated rings. The third-order valence-corrected chi connectivity index (χ3v) is 4.92. The molecule has 1 atom stereocenters. The first-order valence-electron chi connectivity index (χ1n) is 8.71. The van der Waals surface area contributed by atoms with Gasteiger partial charge in [-0.05, 0) is 37.4 Å². The van der Waals surface area contributed by atoms with Crippen molar-refractivity contribution >= 4 is 10.9 Å². The molecule has 2 aliphatic rings. The van der Waals surface area contributed by atoms with Crippen molar-refractivity contribution in [1.82, 2.24) is 20.0 Å². The molecule has 1 N–H and O–H groups in total. The molecule has 1 saturated carbocycles. The van der Waals surface area contributed by atoms with Gasteiger partial charge in [-0.25, -0.2) is 0 Å². The maximum absolute atomic E-state index is 5.98. The SMILES string of the molecule is CN(CC1CC1)CC1CN(Cc2ccc3cn[nH]c3c2)CCO1. The second kappa shape index (κ2) is 6.59. The lowest BCUT2D eigenvalue weighted by atomic mass is 10.1. The average molecular weight is 314 g/mol. The van der Waals surface area contributed by atoms with E-state index in [0.717, 1.165) is 44.2 Å². The number of fused-ring (bicyclic) bond motifs is 1. The van der Waals surface area contributed by atoms with Crippen LogP contribution in [0.25, 0.3) is 10.9 Å². The van der Waals surface area contributed by atoms with Gasteiger partial charge < -0.3 is 9.64 Å². The minimum atomic E-state index is 0.336. The predicted molar refractivity (Wildman–Crippen MR) is 91.3 cm³/mol. The van der Waals surface area contributed by atoms with Crippen molar-refractivity contribution in [3.8, 4) is 0 Å². The summed E-state index contributed by atoms with van der Waals surface area (Å²) in [4.78, 5) is 4.96. The van der Waals surface area contributed by atoms with Crippen LogP contribution in [0.5, 0.6) is 0 Å². The summed E-state index contributed by atoms with van der Waals surface area (Å²) in [6.45, 7) is 6.15. The summed E-state index contributed by atoms with van der Waals surface area (Å²) in [5, 5.41) is 8.33. The van der Waals surface area contributed by atoms with Crippen LogP contribution in [0.2, 0.25) is 0 Å². The summed E-state index contributed by atoms with van der Waals surface area (Å²) >= 11 is 0. The minimum Gasteiger partial charge on any atom is -0.374 e. The number of aromatic nitrogens is 2. The first-order chi connectivity index (χ1) is 11.3. The molecule has 1 aromatic carbocycles. The molecule has 0 bridgehead atoms. The lowest BCUT2D eigenvalue weighted by Crippen LogP contribution is -2.46. The number of aromatic amines is 1. The van der Waals surface area contributed by atoms with Gasteiger partial charge in [-0.1, -0.05) is 12.1 Å². The molecule has 0 amide bonds. The Kier molecular flexibility index (Phi) is 4.33. The number of rotatable bonds is 6. The number of likely N-dealkylation sites (N-methyl/N-ethyl adjacent to an activating group) is 1. The normalized spacial score (nSPS) is 23.0. The summed E-state index contributed by atoms with van der Waals surface area (Å²) in [5.74, 6) is 0.945. The topological polar surface area (TPSA) is 44.4 Å². The molecule has 2 aromatic rings. The Morgan fingerprint density at radius 1 is 1.35 bits per heavy atom. The summed E-state index contributed by atoms with van der Waals surface area (Å²) in [6.07, 6.45) is 5.04. The van der Waals surface area contributed by atoms with Crippen LogP contribution in [-0.2, 0) is 11.3 Å². The van der Waals surface area contributed by atoms with E-state index in [-0.39, 0.29) is 0 Å². The van der Waals surface area contributed by atoms with E-state index in [1.165, 1.54) is 30.3 Å². The molecule has 5 heteroatoms. The minimum absolute atomic E-state index is 0.336. The van der Waals surface area contributed by atoms with Crippen LogP contribution in [0.1, 0.15) is 18.4 Å². The smallest absolute Gasteiger partial charge is 0.0829 e. The molecule has 1 unspecified atom stereocenters. The van der Waals surface area contributed by atoms with Crippen molar-refractivity contribution in [2.45, 2.75) is 25.5 Å². The van der Waals surface area contributed by atoms with Crippen molar-refractivity contribution in [2.24, 2.45) is 5.92 Å². The fraction of sp³-hybridized carbons (Fsp3) is 0.611. The van der Waals surface area contributed by atoms with E-state index in [2.05, 4.69) is 45.2 Å². The van der Waals surface area contributed by atoms with Gasteiger partial charge in [0.25, 0.3) is 0 Å². The van der Waals surface area contributed by atoms with Crippen LogP contribution in [0, 0.1) is 5.92 Å². The molecule has 2 heterocycles.